The molecule has 2 aromatic carbocycles. The van der Waals surface area contributed by atoms with E-state index in [4.69, 9.17) is 0 Å². The number of nitrogens with zero attached hydrogens (tertiary/aromatic N) is 2. The Morgan fingerprint density at radius 2 is 1.83 bits per heavy atom. The number of aryl methyl sites for hydroxylation is 2. The summed E-state index contributed by atoms with van der Waals surface area (Å²) >= 11 is 0. The third kappa shape index (κ3) is 4.45. The smallest absolute Gasteiger partial charge is 0.311 e. The lowest BCUT2D eigenvalue weighted by molar-refractivity contribution is -0.137. The molecule has 0 aliphatic rings. The number of hydrogen-bond donors (Lipinski definition) is 0. The third-order valence-corrected chi connectivity index (χ3v) is 6.30. The Labute approximate surface area is 176 Å². The van der Waals surface area contributed by atoms with Crippen LogP contribution in [0.2, 0.25) is 0 Å². The molecular formula is C23H26F3N2OP. The van der Waals surface area contributed by atoms with Gasteiger partial charge in [-0.15, -0.1) is 9.24 Å². The SMILES string of the molecule is Cc1cccc(Cc2c(C(F)(F)F)c3cc(CCN(C)C)ccc3n(C)c2=O)c1P. The Bertz CT molecular complexity index is 1150. The van der Waals surface area contributed by atoms with Crippen LogP contribution >= 0.6 is 9.24 Å². The maximum Gasteiger partial charge on any atom is 0.417 e. The van der Waals surface area contributed by atoms with Crippen molar-refractivity contribution in [1.82, 2.24) is 9.47 Å². The Balaban J connectivity index is 2.28. The highest BCUT2D eigenvalue weighted by atomic mass is 31.0. The van der Waals surface area contributed by atoms with Gasteiger partial charge in [0.2, 0.25) is 0 Å². The normalized spacial score (nSPS) is 12.2. The minimum Gasteiger partial charge on any atom is -0.311 e. The first-order chi connectivity index (χ1) is 14.0. The molecular weight excluding hydrogens is 408 g/mol. The standard InChI is InChI=1S/C23H26F3N2OP/c1-14-6-5-7-16(21(14)30)13-18-20(23(24,25)26)17-12-15(10-11-27(2)3)8-9-19(17)28(4)22(18)29/h5-9,12H,10-11,13,30H2,1-4H3. The summed E-state index contributed by atoms with van der Waals surface area (Å²) in [4.78, 5) is 15.0. The lowest BCUT2D eigenvalue weighted by Gasteiger charge is -2.20. The van der Waals surface area contributed by atoms with E-state index in [9.17, 15) is 18.0 Å². The molecule has 0 amide bonds. The van der Waals surface area contributed by atoms with Crippen molar-refractivity contribution in [3.05, 3.63) is 74.6 Å². The molecule has 3 nitrogen and oxygen atoms in total. The number of hydrogen-bond acceptors (Lipinski definition) is 2. The van der Waals surface area contributed by atoms with Gasteiger partial charge in [0.25, 0.3) is 5.56 Å². The molecule has 0 aliphatic heterocycles. The van der Waals surface area contributed by atoms with Gasteiger partial charge < -0.3 is 9.47 Å². The van der Waals surface area contributed by atoms with E-state index in [0.717, 1.165) is 23.0 Å². The molecule has 0 radical (unpaired) electrons. The average Bonchev–Trinajstić information content (AvgIpc) is 2.66. The van der Waals surface area contributed by atoms with Gasteiger partial charge in [-0.3, -0.25) is 4.79 Å². The highest BCUT2D eigenvalue weighted by Crippen LogP contribution is 2.37. The summed E-state index contributed by atoms with van der Waals surface area (Å²) in [5, 5.41) is 0.904. The molecule has 160 valence electrons. The first-order valence-electron chi connectivity index (χ1n) is 9.71. The Morgan fingerprint density at radius 1 is 1.13 bits per heavy atom. The average molecular weight is 434 g/mol. The van der Waals surface area contributed by atoms with E-state index in [-0.39, 0.29) is 17.4 Å². The lowest BCUT2D eigenvalue weighted by atomic mass is 9.95. The van der Waals surface area contributed by atoms with Crippen LogP contribution in [0.3, 0.4) is 0 Å². The molecule has 3 aromatic rings. The molecule has 30 heavy (non-hydrogen) atoms. The second-order valence-electron chi connectivity index (χ2n) is 7.94. The molecule has 0 spiro atoms. The molecule has 3 rings (SSSR count). The predicted molar refractivity (Wildman–Crippen MR) is 120 cm³/mol. The molecule has 0 saturated heterocycles. The largest absolute Gasteiger partial charge is 0.417 e. The Hall–Kier alpha value is -2.17. The Morgan fingerprint density at radius 3 is 2.47 bits per heavy atom. The van der Waals surface area contributed by atoms with Gasteiger partial charge >= 0.3 is 6.18 Å². The fraction of sp³-hybridized carbons (Fsp3) is 0.348. The first-order valence-corrected chi connectivity index (χ1v) is 10.3. The van der Waals surface area contributed by atoms with E-state index >= 15 is 0 Å². The molecule has 1 aromatic heterocycles. The zero-order valence-electron chi connectivity index (χ0n) is 17.6. The predicted octanol–water partition coefficient (Wildman–Crippen LogP) is 4.06. The first kappa shape index (κ1) is 22.5. The van der Waals surface area contributed by atoms with E-state index in [1.54, 1.807) is 30.3 Å². The summed E-state index contributed by atoms with van der Waals surface area (Å²) in [5.74, 6) is 0. The molecule has 1 heterocycles. The Kier molecular flexibility index (Phi) is 6.40. The van der Waals surface area contributed by atoms with Crippen molar-refractivity contribution in [3.8, 4) is 0 Å². The highest BCUT2D eigenvalue weighted by molar-refractivity contribution is 7.27. The van der Waals surface area contributed by atoms with Gasteiger partial charge in [0.15, 0.2) is 0 Å². The van der Waals surface area contributed by atoms with E-state index in [0.29, 0.717) is 17.5 Å². The lowest BCUT2D eigenvalue weighted by Crippen LogP contribution is -2.28. The van der Waals surface area contributed by atoms with Gasteiger partial charge in [-0.05, 0) is 61.6 Å². The summed E-state index contributed by atoms with van der Waals surface area (Å²) in [7, 11) is 7.96. The van der Waals surface area contributed by atoms with Crippen molar-refractivity contribution in [2.24, 2.45) is 7.05 Å². The van der Waals surface area contributed by atoms with Crippen molar-refractivity contribution in [1.29, 1.82) is 0 Å². The number of fused-ring (bicyclic) bond motifs is 1. The minimum absolute atomic E-state index is 0.0695. The summed E-state index contributed by atoms with van der Waals surface area (Å²) < 4.78 is 44.1. The molecule has 7 heteroatoms. The topological polar surface area (TPSA) is 25.2 Å². The fourth-order valence-corrected chi connectivity index (χ4v) is 4.03. The monoisotopic (exact) mass is 434 g/mol. The van der Waals surface area contributed by atoms with Gasteiger partial charge in [0, 0.05) is 31.0 Å². The minimum atomic E-state index is -4.63. The van der Waals surface area contributed by atoms with E-state index in [1.165, 1.54) is 11.6 Å². The number of aromatic nitrogens is 1. The second-order valence-corrected chi connectivity index (χ2v) is 8.52. The maximum absolute atomic E-state index is 14.3. The van der Waals surface area contributed by atoms with Gasteiger partial charge in [-0.1, -0.05) is 24.3 Å². The summed E-state index contributed by atoms with van der Waals surface area (Å²) in [6.07, 6.45) is -4.07. The second kappa shape index (κ2) is 8.52. The molecule has 0 N–H and O–H groups in total. The van der Waals surface area contributed by atoms with Crippen molar-refractivity contribution in [2.45, 2.75) is 25.9 Å². The van der Waals surface area contributed by atoms with Crippen LogP contribution in [-0.2, 0) is 26.1 Å². The summed E-state index contributed by atoms with van der Waals surface area (Å²) in [6.45, 7) is 2.62. The van der Waals surface area contributed by atoms with Crippen LogP contribution in [0.4, 0.5) is 13.2 Å². The number of likely N-dealkylation sites (N-methyl/N-ethyl adjacent to an activating group) is 1. The zero-order chi connectivity index (χ0) is 22.2. The van der Waals surface area contributed by atoms with E-state index < -0.39 is 17.3 Å². The molecule has 1 atom stereocenters. The van der Waals surface area contributed by atoms with Crippen LogP contribution in [0.1, 0.15) is 27.8 Å². The molecule has 0 fully saturated rings. The fourth-order valence-electron chi connectivity index (χ4n) is 3.74. The maximum atomic E-state index is 14.3. The quantitative estimate of drug-likeness (QED) is 0.566. The van der Waals surface area contributed by atoms with Gasteiger partial charge in [0.1, 0.15) is 0 Å². The van der Waals surface area contributed by atoms with Crippen molar-refractivity contribution >= 4 is 25.4 Å². The van der Waals surface area contributed by atoms with Crippen LogP contribution in [0.15, 0.2) is 41.2 Å². The van der Waals surface area contributed by atoms with Gasteiger partial charge in [0.05, 0.1) is 11.1 Å². The summed E-state index contributed by atoms with van der Waals surface area (Å²) in [6, 6.07) is 10.5. The van der Waals surface area contributed by atoms with Crippen molar-refractivity contribution in [3.63, 3.8) is 0 Å². The van der Waals surface area contributed by atoms with Crippen LogP contribution in [0.25, 0.3) is 10.9 Å². The zero-order valence-corrected chi connectivity index (χ0v) is 18.8. The van der Waals surface area contributed by atoms with E-state index in [1.807, 2.05) is 32.0 Å². The number of alkyl halides is 3. The molecule has 0 bridgehead atoms. The highest BCUT2D eigenvalue weighted by Gasteiger charge is 2.37. The van der Waals surface area contributed by atoms with Crippen molar-refractivity contribution < 1.29 is 13.2 Å². The molecule has 0 aliphatic carbocycles. The number of benzene rings is 2. The van der Waals surface area contributed by atoms with Crippen molar-refractivity contribution in [2.75, 3.05) is 20.6 Å². The third-order valence-electron chi connectivity index (χ3n) is 5.47. The van der Waals surface area contributed by atoms with Gasteiger partial charge in [-0.2, -0.15) is 13.2 Å². The number of rotatable bonds is 5. The van der Waals surface area contributed by atoms with Crippen LogP contribution in [0, 0.1) is 6.92 Å². The van der Waals surface area contributed by atoms with E-state index in [2.05, 4.69) is 9.24 Å². The van der Waals surface area contributed by atoms with Crippen LogP contribution in [0.5, 0.6) is 0 Å². The van der Waals surface area contributed by atoms with Crippen LogP contribution < -0.4 is 10.9 Å². The number of halogens is 3. The summed E-state index contributed by atoms with van der Waals surface area (Å²) in [5.41, 5.74) is 1.12. The molecule has 1 unspecified atom stereocenters. The van der Waals surface area contributed by atoms with Gasteiger partial charge in [-0.25, -0.2) is 0 Å². The molecule has 0 saturated carbocycles. The number of pyridine rings is 1. The van der Waals surface area contributed by atoms with Crippen LogP contribution in [-0.4, -0.2) is 30.1 Å².